The summed E-state index contributed by atoms with van der Waals surface area (Å²) in [6.45, 7) is 12.9. The molecule has 5 heteroatoms. The highest BCUT2D eigenvalue weighted by atomic mass is 16.5. The third-order valence-corrected chi connectivity index (χ3v) is 5.39. The van der Waals surface area contributed by atoms with Gasteiger partial charge in [-0.15, -0.1) is 0 Å². The SMILES string of the molecule is CCNC(=O)[C@@H](CC)N(Cc1ccccc1C)C(=O)COc1ccccc1C(C)(C)C. The molecule has 0 aliphatic rings. The number of benzene rings is 2. The lowest BCUT2D eigenvalue weighted by atomic mass is 9.86. The van der Waals surface area contributed by atoms with Crippen LogP contribution in [0.5, 0.6) is 5.75 Å². The van der Waals surface area contributed by atoms with Crippen LogP contribution in [0.2, 0.25) is 0 Å². The van der Waals surface area contributed by atoms with Crippen molar-refractivity contribution in [3.8, 4) is 5.75 Å². The molecule has 168 valence electrons. The molecule has 0 fully saturated rings. The molecule has 0 spiro atoms. The first-order chi connectivity index (χ1) is 14.7. The van der Waals surface area contributed by atoms with Crippen LogP contribution in [0.15, 0.2) is 48.5 Å². The molecule has 0 aromatic heterocycles. The third kappa shape index (κ3) is 6.58. The lowest BCUT2D eigenvalue weighted by Crippen LogP contribution is -2.50. The molecule has 0 saturated heterocycles. The zero-order chi connectivity index (χ0) is 23.0. The zero-order valence-electron chi connectivity index (χ0n) is 19.7. The second-order valence-electron chi connectivity index (χ2n) is 8.80. The maximum atomic E-state index is 13.3. The van der Waals surface area contributed by atoms with E-state index in [1.807, 2.05) is 69.3 Å². The summed E-state index contributed by atoms with van der Waals surface area (Å²) in [6.07, 6.45) is 0.530. The first-order valence-corrected chi connectivity index (χ1v) is 11.0. The first kappa shape index (κ1) is 24.4. The fraction of sp³-hybridized carbons (Fsp3) is 0.462. The van der Waals surface area contributed by atoms with Crippen LogP contribution >= 0.6 is 0 Å². The Labute approximate surface area is 186 Å². The Kier molecular flexibility index (Phi) is 8.66. The van der Waals surface area contributed by atoms with E-state index in [0.717, 1.165) is 16.7 Å². The fourth-order valence-electron chi connectivity index (χ4n) is 3.62. The summed E-state index contributed by atoms with van der Waals surface area (Å²) in [5.41, 5.74) is 3.05. The van der Waals surface area contributed by atoms with Gasteiger partial charge in [0, 0.05) is 13.1 Å². The van der Waals surface area contributed by atoms with E-state index in [2.05, 4.69) is 26.1 Å². The minimum Gasteiger partial charge on any atom is -0.483 e. The molecule has 0 bridgehead atoms. The average molecular weight is 425 g/mol. The second-order valence-corrected chi connectivity index (χ2v) is 8.80. The predicted molar refractivity (Wildman–Crippen MR) is 125 cm³/mol. The highest BCUT2D eigenvalue weighted by Crippen LogP contribution is 2.31. The minimum atomic E-state index is -0.548. The van der Waals surface area contributed by atoms with Crippen molar-refractivity contribution >= 4 is 11.8 Å². The van der Waals surface area contributed by atoms with Gasteiger partial charge in [0.05, 0.1) is 0 Å². The quantitative estimate of drug-likeness (QED) is 0.639. The topological polar surface area (TPSA) is 58.6 Å². The summed E-state index contributed by atoms with van der Waals surface area (Å²) in [6, 6.07) is 15.2. The number of aryl methyl sites for hydroxylation is 1. The van der Waals surface area contributed by atoms with Gasteiger partial charge in [-0.2, -0.15) is 0 Å². The van der Waals surface area contributed by atoms with Gasteiger partial charge >= 0.3 is 0 Å². The number of rotatable bonds is 9. The molecule has 0 unspecified atom stereocenters. The minimum absolute atomic E-state index is 0.104. The van der Waals surface area contributed by atoms with Crippen molar-refractivity contribution in [3.05, 3.63) is 65.2 Å². The van der Waals surface area contributed by atoms with Crippen LogP contribution < -0.4 is 10.1 Å². The number of likely N-dealkylation sites (N-methyl/N-ethyl adjacent to an activating group) is 1. The van der Waals surface area contributed by atoms with Crippen molar-refractivity contribution in [2.45, 2.75) is 66.0 Å². The van der Waals surface area contributed by atoms with Crippen LogP contribution in [-0.4, -0.2) is 35.9 Å². The number of nitrogens with one attached hydrogen (secondary N) is 1. The van der Waals surface area contributed by atoms with Gasteiger partial charge in [-0.3, -0.25) is 9.59 Å². The van der Waals surface area contributed by atoms with Crippen molar-refractivity contribution in [1.82, 2.24) is 10.2 Å². The van der Waals surface area contributed by atoms with Crippen LogP contribution in [-0.2, 0) is 21.5 Å². The molecule has 2 aromatic carbocycles. The second kappa shape index (κ2) is 11.0. The molecule has 0 saturated carbocycles. The molecule has 0 aliphatic heterocycles. The maximum Gasteiger partial charge on any atom is 0.261 e. The zero-order valence-corrected chi connectivity index (χ0v) is 19.7. The number of nitrogens with zero attached hydrogens (tertiary/aromatic N) is 1. The highest BCUT2D eigenvalue weighted by Gasteiger charge is 2.29. The van der Waals surface area contributed by atoms with Crippen LogP contribution in [0, 0.1) is 6.92 Å². The molecular weight excluding hydrogens is 388 g/mol. The molecule has 1 N–H and O–H groups in total. The molecule has 31 heavy (non-hydrogen) atoms. The Morgan fingerprint density at radius 1 is 1.03 bits per heavy atom. The summed E-state index contributed by atoms with van der Waals surface area (Å²) >= 11 is 0. The standard InChI is InChI=1S/C26H36N2O3/c1-7-22(25(30)27-8-2)28(17-20-14-10-9-13-19(20)3)24(29)18-31-23-16-12-11-15-21(23)26(4,5)6/h9-16,22H,7-8,17-18H2,1-6H3,(H,27,30)/t22-/m1/s1. The van der Waals surface area contributed by atoms with E-state index in [1.54, 1.807) is 4.90 Å². The lowest BCUT2D eigenvalue weighted by Gasteiger charge is -2.31. The fourth-order valence-corrected chi connectivity index (χ4v) is 3.62. The predicted octanol–water partition coefficient (Wildman–Crippen LogP) is 4.61. The van der Waals surface area contributed by atoms with E-state index in [9.17, 15) is 9.59 Å². The van der Waals surface area contributed by atoms with E-state index in [1.165, 1.54) is 0 Å². The number of para-hydroxylation sites is 1. The summed E-state index contributed by atoms with van der Waals surface area (Å²) in [4.78, 5) is 27.7. The number of carbonyl (C=O) groups excluding carboxylic acids is 2. The monoisotopic (exact) mass is 424 g/mol. The average Bonchev–Trinajstić information content (AvgIpc) is 2.73. The maximum absolute atomic E-state index is 13.3. The smallest absolute Gasteiger partial charge is 0.261 e. The molecule has 0 heterocycles. The lowest BCUT2D eigenvalue weighted by molar-refractivity contribution is -0.143. The van der Waals surface area contributed by atoms with Crippen LogP contribution in [0.1, 0.15) is 57.7 Å². The van der Waals surface area contributed by atoms with E-state index in [4.69, 9.17) is 4.74 Å². The van der Waals surface area contributed by atoms with Crippen LogP contribution in [0.25, 0.3) is 0 Å². The molecule has 2 aromatic rings. The number of ether oxygens (including phenoxy) is 1. The van der Waals surface area contributed by atoms with Crippen molar-refractivity contribution in [1.29, 1.82) is 0 Å². The summed E-state index contributed by atoms with van der Waals surface area (Å²) in [5, 5.41) is 2.86. The summed E-state index contributed by atoms with van der Waals surface area (Å²) in [7, 11) is 0. The van der Waals surface area contributed by atoms with Crippen molar-refractivity contribution in [2.75, 3.05) is 13.2 Å². The molecule has 2 amide bonds. The van der Waals surface area contributed by atoms with Crippen LogP contribution in [0.3, 0.4) is 0 Å². The highest BCUT2D eigenvalue weighted by molar-refractivity contribution is 5.88. The molecule has 2 rings (SSSR count). The normalized spacial score (nSPS) is 12.2. The molecule has 5 nitrogen and oxygen atoms in total. The Morgan fingerprint density at radius 3 is 2.29 bits per heavy atom. The Hall–Kier alpha value is -2.82. The van der Waals surface area contributed by atoms with Crippen LogP contribution in [0.4, 0.5) is 0 Å². The Bertz CT molecular complexity index is 886. The molecular formula is C26H36N2O3. The van der Waals surface area contributed by atoms with Crippen molar-refractivity contribution in [3.63, 3.8) is 0 Å². The Morgan fingerprint density at radius 2 is 1.68 bits per heavy atom. The third-order valence-electron chi connectivity index (χ3n) is 5.39. The first-order valence-electron chi connectivity index (χ1n) is 11.0. The van der Waals surface area contributed by atoms with E-state index in [0.29, 0.717) is 25.3 Å². The number of hydrogen-bond acceptors (Lipinski definition) is 3. The summed E-state index contributed by atoms with van der Waals surface area (Å²) in [5.74, 6) is 0.359. The molecule has 1 atom stereocenters. The van der Waals surface area contributed by atoms with E-state index >= 15 is 0 Å². The van der Waals surface area contributed by atoms with Gasteiger partial charge in [-0.1, -0.05) is 70.2 Å². The van der Waals surface area contributed by atoms with Gasteiger partial charge in [-0.05, 0) is 48.4 Å². The van der Waals surface area contributed by atoms with Gasteiger partial charge in [0.1, 0.15) is 11.8 Å². The van der Waals surface area contributed by atoms with Gasteiger partial charge in [0.15, 0.2) is 6.61 Å². The molecule has 0 radical (unpaired) electrons. The van der Waals surface area contributed by atoms with Gasteiger partial charge < -0.3 is 15.0 Å². The van der Waals surface area contributed by atoms with Crippen molar-refractivity contribution in [2.24, 2.45) is 0 Å². The van der Waals surface area contributed by atoms with E-state index in [-0.39, 0.29) is 23.8 Å². The Balaban J connectivity index is 2.28. The summed E-state index contributed by atoms with van der Waals surface area (Å²) < 4.78 is 5.99. The largest absolute Gasteiger partial charge is 0.483 e. The van der Waals surface area contributed by atoms with Gasteiger partial charge in [0.25, 0.3) is 5.91 Å². The van der Waals surface area contributed by atoms with E-state index < -0.39 is 6.04 Å². The number of amides is 2. The number of hydrogen-bond donors (Lipinski definition) is 1. The van der Waals surface area contributed by atoms with Gasteiger partial charge in [-0.25, -0.2) is 0 Å². The molecule has 0 aliphatic carbocycles. The number of carbonyl (C=O) groups is 2. The van der Waals surface area contributed by atoms with Crippen molar-refractivity contribution < 1.29 is 14.3 Å². The van der Waals surface area contributed by atoms with Gasteiger partial charge in [0.2, 0.25) is 5.91 Å².